The molecule has 0 aliphatic rings. The van der Waals surface area contributed by atoms with Gasteiger partial charge in [0.1, 0.15) is 0 Å². The number of rotatable bonds is 3. The van der Waals surface area contributed by atoms with Crippen molar-refractivity contribution in [3.05, 3.63) is 34.9 Å². The van der Waals surface area contributed by atoms with Gasteiger partial charge in [-0.2, -0.15) is 0 Å². The van der Waals surface area contributed by atoms with Gasteiger partial charge >= 0.3 is 0 Å². The third-order valence-corrected chi connectivity index (χ3v) is 3.08. The molecule has 0 aliphatic carbocycles. The van der Waals surface area contributed by atoms with Crippen molar-refractivity contribution in [1.82, 2.24) is 0 Å². The largest absolute Gasteiger partial charge is 0.282 e. The van der Waals surface area contributed by atoms with Crippen LogP contribution in [0, 0.1) is 0 Å². The van der Waals surface area contributed by atoms with Crippen LogP contribution in [0.4, 0.5) is 0 Å². The Labute approximate surface area is 101 Å². The molecule has 82 valence electrons. The molecule has 0 amide bonds. The summed E-state index contributed by atoms with van der Waals surface area (Å²) in [5.41, 5.74) is 1.09. The van der Waals surface area contributed by atoms with Crippen molar-refractivity contribution in [1.29, 1.82) is 0 Å². The molecule has 0 bridgehead atoms. The fourth-order valence-corrected chi connectivity index (χ4v) is 1.58. The molecule has 0 saturated heterocycles. The molecule has 0 saturated carbocycles. The Morgan fingerprint density at radius 2 is 1.87 bits per heavy atom. The molecule has 0 fully saturated rings. The van der Waals surface area contributed by atoms with E-state index in [2.05, 4.69) is 25.8 Å². The van der Waals surface area contributed by atoms with E-state index in [0.29, 0.717) is 0 Å². The Morgan fingerprint density at radius 1 is 1.27 bits per heavy atom. The summed E-state index contributed by atoms with van der Waals surface area (Å²) in [6, 6.07) is 7.68. The van der Waals surface area contributed by atoms with Gasteiger partial charge in [0.15, 0.2) is 0 Å². The van der Waals surface area contributed by atoms with Crippen molar-refractivity contribution in [3.63, 3.8) is 0 Å². The van der Waals surface area contributed by atoms with Crippen LogP contribution >= 0.6 is 23.4 Å². The molecule has 1 aromatic carbocycles. The minimum atomic E-state index is 0.275. The summed E-state index contributed by atoms with van der Waals surface area (Å²) in [5, 5.41) is 0.760. The van der Waals surface area contributed by atoms with Gasteiger partial charge in [-0.1, -0.05) is 44.5 Å². The second-order valence-corrected chi connectivity index (χ2v) is 6.46. The monoisotopic (exact) mass is 241 g/mol. The Balaban J connectivity index is 2.42. The number of thioether (sulfide) groups is 1. The van der Waals surface area contributed by atoms with Crippen LogP contribution in [0.3, 0.4) is 0 Å². The molecule has 1 aromatic rings. The molecule has 0 unspecified atom stereocenters. The van der Waals surface area contributed by atoms with Gasteiger partial charge in [-0.25, -0.2) is 0 Å². The van der Waals surface area contributed by atoms with Crippen molar-refractivity contribution in [2.24, 2.45) is 4.99 Å². The number of benzene rings is 1. The summed E-state index contributed by atoms with van der Waals surface area (Å²) >= 11 is 7.62. The van der Waals surface area contributed by atoms with E-state index in [-0.39, 0.29) is 4.75 Å². The first-order valence-electron chi connectivity index (χ1n) is 4.87. The van der Waals surface area contributed by atoms with Crippen molar-refractivity contribution in [2.45, 2.75) is 25.5 Å². The Morgan fingerprint density at radius 3 is 2.40 bits per heavy atom. The highest BCUT2D eigenvalue weighted by Gasteiger charge is 2.08. The quantitative estimate of drug-likeness (QED) is 0.721. The lowest BCUT2D eigenvalue weighted by Crippen LogP contribution is -2.07. The molecule has 0 N–H and O–H groups in total. The smallest absolute Gasteiger partial charge is 0.0849 e. The molecule has 15 heavy (non-hydrogen) atoms. The van der Waals surface area contributed by atoms with E-state index >= 15 is 0 Å². The maximum atomic E-state index is 5.78. The van der Waals surface area contributed by atoms with Crippen molar-refractivity contribution in [3.8, 4) is 0 Å². The molecular formula is C12H16ClNS. The maximum absolute atomic E-state index is 5.78. The van der Waals surface area contributed by atoms with Crippen molar-refractivity contribution in [2.75, 3.05) is 5.88 Å². The summed E-state index contributed by atoms with van der Waals surface area (Å²) in [7, 11) is 0. The maximum Gasteiger partial charge on any atom is 0.0849 e. The molecular weight excluding hydrogens is 226 g/mol. The lowest BCUT2D eigenvalue weighted by Gasteiger charge is -2.15. The lowest BCUT2D eigenvalue weighted by molar-refractivity contribution is 0.803. The summed E-state index contributed by atoms with van der Waals surface area (Å²) < 4.78 is 0.275. The molecule has 0 radical (unpaired) electrons. The van der Waals surface area contributed by atoms with E-state index < -0.39 is 0 Å². The van der Waals surface area contributed by atoms with Crippen LogP contribution in [0.2, 0.25) is 5.02 Å². The summed E-state index contributed by atoms with van der Waals surface area (Å²) in [4.78, 5) is 4.35. The van der Waals surface area contributed by atoms with Crippen LogP contribution < -0.4 is 0 Å². The Kier molecular flexibility index (Phi) is 4.68. The van der Waals surface area contributed by atoms with Gasteiger partial charge in [-0.15, -0.1) is 11.8 Å². The van der Waals surface area contributed by atoms with Gasteiger partial charge < -0.3 is 0 Å². The third kappa shape index (κ3) is 5.85. The number of hydrogen-bond acceptors (Lipinski definition) is 2. The zero-order chi connectivity index (χ0) is 11.3. The first-order chi connectivity index (χ1) is 6.97. The van der Waals surface area contributed by atoms with Crippen LogP contribution in [0.5, 0.6) is 0 Å². The van der Waals surface area contributed by atoms with Crippen LogP contribution in [0.25, 0.3) is 0 Å². The minimum Gasteiger partial charge on any atom is -0.282 e. The average Bonchev–Trinajstić information content (AvgIpc) is 2.14. The first kappa shape index (κ1) is 12.6. The van der Waals surface area contributed by atoms with Crippen molar-refractivity contribution < 1.29 is 0 Å². The van der Waals surface area contributed by atoms with Gasteiger partial charge in [0.05, 0.1) is 5.88 Å². The average molecular weight is 242 g/mol. The summed E-state index contributed by atoms with van der Waals surface area (Å²) in [6.45, 7) is 6.57. The summed E-state index contributed by atoms with van der Waals surface area (Å²) in [5.74, 6) is 0.798. The minimum absolute atomic E-state index is 0.275. The fraction of sp³-hybridized carbons (Fsp3) is 0.417. The van der Waals surface area contributed by atoms with Gasteiger partial charge in [0.25, 0.3) is 0 Å². The lowest BCUT2D eigenvalue weighted by atomic mass is 10.2. The predicted molar refractivity (Wildman–Crippen MR) is 71.3 cm³/mol. The van der Waals surface area contributed by atoms with Gasteiger partial charge in [-0.3, -0.25) is 4.99 Å². The van der Waals surface area contributed by atoms with E-state index in [9.17, 15) is 0 Å². The Hall–Kier alpha value is -0.470. The highest BCUT2D eigenvalue weighted by Crippen LogP contribution is 2.22. The predicted octanol–water partition coefficient (Wildman–Crippen LogP) is 4.25. The molecule has 3 heteroatoms. The van der Waals surface area contributed by atoms with Crippen LogP contribution in [-0.4, -0.2) is 16.8 Å². The van der Waals surface area contributed by atoms with Gasteiger partial charge in [-0.05, 0) is 17.7 Å². The SMILES string of the molecule is CC(C)(C)SC/N=C/c1ccc(Cl)cc1. The second kappa shape index (κ2) is 5.57. The summed E-state index contributed by atoms with van der Waals surface area (Å²) in [6.07, 6.45) is 1.88. The highest BCUT2D eigenvalue weighted by atomic mass is 35.5. The van der Waals surface area contributed by atoms with Crippen molar-refractivity contribution >= 4 is 29.6 Å². The van der Waals surface area contributed by atoms with Gasteiger partial charge in [0, 0.05) is 16.0 Å². The van der Waals surface area contributed by atoms with E-state index in [1.807, 2.05) is 42.2 Å². The third-order valence-electron chi connectivity index (χ3n) is 1.68. The molecule has 0 atom stereocenters. The highest BCUT2D eigenvalue weighted by molar-refractivity contribution is 8.00. The zero-order valence-corrected chi connectivity index (χ0v) is 10.9. The fourth-order valence-electron chi connectivity index (χ4n) is 0.922. The van der Waals surface area contributed by atoms with Crippen LogP contribution in [0.15, 0.2) is 29.3 Å². The topological polar surface area (TPSA) is 12.4 Å². The molecule has 0 spiro atoms. The molecule has 1 rings (SSSR count). The number of halogens is 1. The standard InChI is InChI=1S/C12H16ClNS/c1-12(2,3)15-9-14-8-10-4-6-11(13)7-5-10/h4-8H,9H2,1-3H3/b14-8+. The number of nitrogens with zero attached hydrogens (tertiary/aromatic N) is 1. The number of aliphatic imine (C=N–C) groups is 1. The van der Waals surface area contributed by atoms with E-state index in [4.69, 9.17) is 11.6 Å². The Bertz CT molecular complexity index is 324. The van der Waals surface area contributed by atoms with E-state index in [0.717, 1.165) is 16.5 Å². The zero-order valence-electron chi connectivity index (χ0n) is 9.33. The number of hydrogen-bond donors (Lipinski definition) is 0. The van der Waals surface area contributed by atoms with Crippen LogP contribution in [-0.2, 0) is 0 Å². The molecule has 1 nitrogen and oxygen atoms in total. The van der Waals surface area contributed by atoms with Crippen LogP contribution in [0.1, 0.15) is 26.3 Å². The molecule has 0 aromatic heterocycles. The molecule has 0 heterocycles. The normalized spacial score (nSPS) is 12.3. The molecule has 0 aliphatic heterocycles. The van der Waals surface area contributed by atoms with E-state index in [1.54, 1.807) is 0 Å². The second-order valence-electron chi connectivity index (χ2n) is 4.25. The van der Waals surface area contributed by atoms with Gasteiger partial charge in [0.2, 0.25) is 0 Å². The van der Waals surface area contributed by atoms with E-state index in [1.165, 1.54) is 0 Å². The first-order valence-corrected chi connectivity index (χ1v) is 6.23.